The number of rotatable bonds is 3. The van der Waals surface area contributed by atoms with Gasteiger partial charge in [-0.15, -0.1) is 0 Å². The summed E-state index contributed by atoms with van der Waals surface area (Å²) in [5, 5.41) is 0. The number of carbonyl (C=O) groups is 2. The third-order valence-electron chi connectivity index (χ3n) is 2.08. The lowest BCUT2D eigenvalue weighted by atomic mass is 10.1. The molecule has 5 heteroatoms. The van der Waals surface area contributed by atoms with Gasteiger partial charge in [-0.2, -0.15) is 0 Å². The maximum absolute atomic E-state index is 11.5. The molecule has 0 spiro atoms. The van der Waals surface area contributed by atoms with E-state index in [1.807, 2.05) is 0 Å². The Morgan fingerprint density at radius 2 is 1.94 bits per heavy atom. The van der Waals surface area contributed by atoms with E-state index in [9.17, 15) is 9.59 Å². The Morgan fingerprint density at radius 3 is 2.53 bits per heavy atom. The van der Waals surface area contributed by atoms with E-state index in [0.717, 1.165) is 0 Å². The Balaban J connectivity index is 3.10. The van der Waals surface area contributed by atoms with E-state index in [-0.39, 0.29) is 0 Å². The third-order valence-corrected chi connectivity index (χ3v) is 2.08. The van der Waals surface area contributed by atoms with Gasteiger partial charge in [-0.25, -0.2) is 9.59 Å². The lowest BCUT2D eigenvalue weighted by Crippen LogP contribution is -2.05. The van der Waals surface area contributed by atoms with E-state index in [4.69, 9.17) is 5.73 Å². The highest BCUT2D eigenvalue weighted by atomic mass is 16.5. The number of methoxy groups -OCH3 is 2. The van der Waals surface area contributed by atoms with E-state index < -0.39 is 11.9 Å². The molecule has 0 aliphatic carbocycles. The Hall–Kier alpha value is -2.30. The molecule has 0 aliphatic heterocycles. The van der Waals surface area contributed by atoms with Crippen LogP contribution < -0.4 is 5.73 Å². The van der Waals surface area contributed by atoms with Crippen LogP contribution in [0.5, 0.6) is 0 Å². The molecule has 0 unspecified atom stereocenters. The number of benzene rings is 1. The topological polar surface area (TPSA) is 78.6 Å². The second-order valence-corrected chi connectivity index (χ2v) is 3.19. The van der Waals surface area contributed by atoms with Crippen molar-refractivity contribution in [2.75, 3.05) is 20.0 Å². The highest BCUT2D eigenvalue weighted by Gasteiger charge is 2.10. The van der Waals surface area contributed by atoms with Gasteiger partial charge in [0.1, 0.15) is 0 Å². The van der Waals surface area contributed by atoms with E-state index in [1.165, 1.54) is 32.4 Å². The molecule has 0 fully saturated rings. The lowest BCUT2D eigenvalue weighted by molar-refractivity contribution is -0.134. The van der Waals surface area contributed by atoms with E-state index in [1.54, 1.807) is 12.1 Å². The van der Waals surface area contributed by atoms with Crippen molar-refractivity contribution in [1.82, 2.24) is 0 Å². The van der Waals surface area contributed by atoms with Crippen molar-refractivity contribution in [3.63, 3.8) is 0 Å². The number of hydrogen-bond donors (Lipinski definition) is 1. The minimum Gasteiger partial charge on any atom is -0.466 e. The monoisotopic (exact) mass is 235 g/mol. The second kappa shape index (κ2) is 5.69. The second-order valence-electron chi connectivity index (χ2n) is 3.19. The molecule has 17 heavy (non-hydrogen) atoms. The van der Waals surface area contributed by atoms with Gasteiger partial charge in [-0.05, 0) is 23.8 Å². The molecule has 90 valence electrons. The number of esters is 2. The van der Waals surface area contributed by atoms with Crippen LogP contribution in [-0.2, 0) is 14.3 Å². The van der Waals surface area contributed by atoms with Crippen molar-refractivity contribution in [3.05, 3.63) is 35.4 Å². The van der Waals surface area contributed by atoms with E-state index >= 15 is 0 Å². The Bertz CT molecular complexity index is 466. The molecule has 1 aromatic carbocycles. The molecule has 0 radical (unpaired) electrons. The molecular formula is C12H13NO4. The molecule has 2 N–H and O–H groups in total. The van der Waals surface area contributed by atoms with Crippen LogP contribution in [0.1, 0.15) is 15.9 Å². The van der Waals surface area contributed by atoms with Crippen LogP contribution in [0.2, 0.25) is 0 Å². The predicted octanol–water partition coefficient (Wildman–Crippen LogP) is 1.24. The summed E-state index contributed by atoms with van der Waals surface area (Å²) in [5.74, 6) is -1.01. The molecule has 1 aromatic rings. The highest BCUT2D eigenvalue weighted by Crippen LogP contribution is 2.16. The summed E-state index contributed by atoms with van der Waals surface area (Å²) in [4.78, 5) is 22.4. The van der Waals surface area contributed by atoms with Gasteiger partial charge in [-0.1, -0.05) is 6.07 Å². The molecule has 0 saturated carbocycles. The normalized spacial score (nSPS) is 10.2. The standard InChI is InChI=1S/C12H13NO4/c1-16-11(14)6-4-8-3-5-9(13)7-10(8)12(15)17-2/h3-7H,13H2,1-2H3/b6-4+. The summed E-state index contributed by atoms with van der Waals surface area (Å²) >= 11 is 0. The van der Waals surface area contributed by atoms with Gasteiger partial charge < -0.3 is 15.2 Å². The zero-order valence-electron chi connectivity index (χ0n) is 9.60. The quantitative estimate of drug-likeness (QED) is 0.484. The van der Waals surface area contributed by atoms with Crippen LogP contribution >= 0.6 is 0 Å². The first-order chi connectivity index (χ1) is 8.08. The van der Waals surface area contributed by atoms with Gasteiger partial charge in [0.05, 0.1) is 19.8 Å². The molecule has 0 heterocycles. The van der Waals surface area contributed by atoms with Crippen LogP contribution in [0.3, 0.4) is 0 Å². The minimum absolute atomic E-state index is 0.299. The van der Waals surface area contributed by atoms with Crippen LogP contribution in [0.25, 0.3) is 6.08 Å². The summed E-state index contributed by atoms with van der Waals surface area (Å²) in [6.45, 7) is 0. The maximum atomic E-state index is 11.5. The average molecular weight is 235 g/mol. The van der Waals surface area contributed by atoms with Crippen molar-refractivity contribution in [3.8, 4) is 0 Å². The number of carbonyl (C=O) groups excluding carboxylic acids is 2. The maximum Gasteiger partial charge on any atom is 0.338 e. The molecule has 0 bridgehead atoms. The fourth-order valence-corrected chi connectivity index (χ4v) is 1.23. The highest BCUT2D eigenvalue weighted by molar-refractivity contribution is 5.96. The van der Waals surface area contributed by atoms with Gasteiger partial charge in [0.15, 0.2) is 0 Å². The van der Waals surface area contributed by atoms with Crippen molar-refractivity contribution in [2.24, 2.45) is 0 Å². The Labute approximate surface area is 98.8 Å². The van der Waals surface area contributed by atoms with Crippen molar-refractivity contribution in [1.29, 1.82) is 0 Å². The summed E-state index contributed by atoms with van der Waals surface area (Å²) in [7, 11) is 2.55. The fourth-order valence-electron chi connectivity index (χ4n) is 1.23. The number of anilines is 1. The van der Waals surface area contributed by atoms with Gasteiger partial charge >= 0.3 is 11.9 Å². The van der Waals surface area contributed by atoms with Crippen molar-refractivity contribution >= 4 is 23.7 Å². The molecule has 0 amide bonds. The van der Waals surface area contributed by atoms with Crippen LogP contribution in [-0.4, -0.2) is 26.2 Å². The molecular weight excluding hydrogens is 222 g/mol. The largest absolute Gasteiger partial charge is 0.466 e. The van der Waals surface area contributed by atoms with Crippen LogP contribution in [0.15, 0.2) is 24.3 Å². The molecule has 0 atom stereocenters. The van der Waals surface area contributed by atoms with Gasteiger partial charge in [0.2, 0.25) is 0 Å². The Kier molecular flexibility index (Phi) is 4.28. The van der Waals surface area contributed by atoms with Gasteiger partial charge in [0, 0.05) is 11.8 Å². The van der Waals surface area contributed by atoms with Crippen molar-refractivity contribution < 1.29 is 19.1 Å². The summed E-state index contributed by atoms with van der Waals surface area (Å²) in [6, 6.07) is 4.74. The first-order valence-electron chi connectivity index (χ1n) is 4.82. The predicted molar refractivity (Wildman–Crippen MR) is 63.2 cm³/mol. The fraction of sp³-hybridized carbons (Fsp3) is 0.167. The lowest BCUT2D eigenvalue weighted by Gasteiger charge is -2.05. The number of nitrogens with two attached hydrogens (primary N) is 1. The number of ether oxygens (including phenoxy) is 2. The Morgan fingerprint density at radius 1 is 1.24 bits per heavy atom. The smallest absolute Gasteiger partial charge is 0.338 e. The SMILES string of the molecule is COC(=O)/C=C/c1ccc(N)cc1C(=O)OC. The number of hydrogen-bond acceptors (Lipinski definition) is 5. The van der Waals surface area contributed by atoms with Crippen LogP contribution in [0.4, 0.5) is 5.69 Å². The van der Waals surface area contributed by atoms with Crippen LogP contribution in [0, 0.1) is 0 Å². The zero-order chi connectivity index (χ0) is 12.8. The summed E-state index contributed by atoms with van der Waals surface area (Å²) in [6.07, 6.45) is 2.69. The van der Waals surface area contributed by atoms with Gasteiger partial charge in [0.25, 0.3) is 0 Å². The molecule has 0 aromatic heterocycles. The van der Waals surface area contributed by atoms with Gasteiger partial charge in [-0.3, -0.25) is 0 Å². The average Bonchev–Trinajstić information content (AvgIpc) is 2.35. The number of nitrogen functional groups attached to an aromatic ring is 1. The van der Waals surface area contributed by atoms with E-state index in [2.05, 4.69) is 9.47 Å². The molecule has 1 rings (SSSR count). The molecule has 0 aliphatic rings. The summed E-state index contributed by atoms with van der Waals surface area (Å²) in [5.41, 5.74) is 6.86. The molecule has 5 nitrogen and oxygen atoms in total. The van der Waals surface area contributed by atoms with Crippen molar-refractivity contribution in [2.45, 2.75) is 0 Å². The minimum atomic E-state index is -0.512. The zero-order valence-corrected chi connectivity index (χ0v) is 9.60. The summed E-state index contributed by atoms with van der Waals surface area (Å²) < 4.78 is 9.08. The third kappa shape index (κ3) is 3.34. The first-order valence-corrected chi connectivity index (χ1v) is 4.82. The molecule has 0 saturated heterocycles. The van der Waals surface area contributed by atoms with E-state index in [0.29, 0.717) is 16.8 Å². The first kappa shape index (κ1) is 12.8.